The van der Waals surface area contributed by atoms with Gasteiger partial charge in [-0.15, -0.1) is 11.3 Å². The molecule has 0 aliphatic rings. The van der Waals surface area contributed by atoms with Gasteiger partial charge in [0.15, 0.2) is 0 Å². The van der Waals surface area contributed by atoms with Gasteiger partial charge in [0, 0.05) is 23.1 Å². The Labute approximate surface area is 143 Å². The van der Waals surface area contributed by atoms with Gasteiger partial charge in [0.05, 0.1) is 25.5 Å². The summed E-state index contributed by atoms with van der Waals surface area (Å²) in [6.45, 7) is 0. The Hall–Kier alpha value is -3.04. The molecule has 0 spiro atoms. The van der Waals surface area contributed by atoms with Crippen LogP contribution in [0, 0.1) is 11.3 Å². The van der Waals surface area contributed by atoms with E-state index in [4.69, 9.17) is 13.9 Å². The zero-order valence-corrected chi connectivity index (χ0v) is 14.0. The molecule has 0 saturated heterocycles. The van der Waals surface area contributed by atoms with Crippen LogP contribution in [-0.2, 0) is 0 Å². The van der Waals surface area contributed by atoms with Crippen molar-refractivity contribution in [1.82, 2.24) is 4.98 Å². The first-order valence-corrected chi connectivity index (χ1v) is 7.97. The molecule has 0 N–H and O–H groups in total. The Bertz CT molecular complexity index is 901. The minimum Gasteiger partial charge on any atom is -0.497 e. The maximum absolute atomic E-state index is 9.41. The second kappa shape index (κ2) is 7.02. The number of thiazole rings is 1. The summed E-state index contributed by atoms with van der Waals surface area (Å²) >= 11 is 1.41. The molecule has 0 unspecified atom stereocenters. The summed E-state index contributed by atoms with van der Waals surface area (Å²) in [5.41, 5.74) is 2.22. The monoisotopic (exact) mass is 338 g/mol. The third kappa shape index (κ3) is 3.31. The molecule has 2 heterocycles. The molecule has 0 saturated carbocycles. The van der Waals surface area contributed by atoms with E-state index >= 15 is 0 Å². The van der Waals surface area contributed by atoms with E-state index in [0.717, 1.165) is 17.0 Å². The molecule has 1 aromatic carbocycles. The normalized spacial score (nSPS) is 11.1. The van der Waals surface area contributed by atoms with Crippen LogP contribution < -0.4 is 9.47 Å². The molecule has 0 bridgehead atoms. The fourth-order valence-corrected chi connectivity index (χ4v) is 2.89. The molecule has 6 heteroatoms. The first-order chi connectivity index (χ1) is 11.7. The summed E-state index contributed by atoms with van der Waals surface area (Å²) in [5, 5.41) is 12.0. The lowest BCUT2D eigenvalue weighted by Gasteiger charge is -2.00. The molecule has 120 valence electrons. The second-order valence-electron chi connectivity index (χ2n) is 4.80. The van der Waals surface area contributed by atoms with Crippen LogP contribution in [0.3, 0.4) is 0 Å². The van der Waals surface area contributed by atoms with E-state index in [1.165, 1.54) is 18.4 Å². The third-order valence-corrected chi connectivity index (χ3v) is 4.21. The zero-order valence-electron chi connectivity index (χ0n) is 13.1. The summed E-state index contributed by atoms with van der Waals surface area (Å²) in [5.74, 6) is 1.74. The molecular weight excluding hydrogens is 324 g/mol. The fraction of sp³-hybridized carbons (Fsp3) is 0.111. The Morgan fingerprint density at radius 1 is 1.17 bits per heavy atom. The van der Waals surface area contributed by atoms with Gasteiger partial charge in [-0.1, -0.05) is 0 Å². The lowest BCUT2D eigenvalue weighted by Crippen LogP contribution is -1.84. The van der Waals surface area contributed by atoms with Gasteiger partial charge in [-0.05, 0) is 30.3 Å². The second-order valence-corrected chi connectivity index (χ2v) is 5.66. The highest BCUT2D eigenvalue weighted by molar-refractivity contribution is 7.11. The zero-order chi connectivity index (χ0) is 16.9. The number of rotatable bonds is 5. The highest BCUT2D eigenvalue weighted by Crippen LogP contribution is 2.29. The van der Waals surface area contributed by atoms with Crippen LogP contribution in [0.2, 0.25) is 0 Å². The van der Waals surface area contributed by atoms with Crippen LogP contribution in [0.25, 0.3) is 22.9 Å². The van der Waals surface area contributed by atoms with Gasteiger partial charge in [0.1, 0.15) is 22.6 Å². The predicted molar refractivity (Wildman–Crippen MR) is 92.8 cm³/mol. The topological polar surface area (TPSA) is 68.3 Å². The highest BCUT2D eigenvalue weighted by atomic mass is 32.1. The fourth-order valence-electron chi connectivity index (χ4n) is 2.10. The van der Waals surface area contributed by atoms with E-state index in [9.17, 15) is 5.26 Å². The lowest BCUT2D eigenvalue weighted by atomic mass is 10.1. The van der Waals surface area contributed by atoms with Gasteiger partial charge in [-0.25, -0.2) is 4.98 Å². The van der Waals surface area contributed by atoms with Crippen LogP contribution in [0.15, 0.2) is 46.2 Å². The van der Waals surface area contributed by atoms with Crippen molar-refractivity contribution in [3.8, 4) is 29.0 Å². The van der Waals surface area contributed by atoms with Crippen molar-refractivity contribution in [2.75, 3.05) is 14.2 Å². The van der Waals surface area contributed by atoms with E-state index < -0.39 is 0 Å². The molecule has 0 aliphatic heterocycles. The minimum atomic E-state index is 0.400. The van der Waals surface area contributed by atoms with Crippen molar-refractivity contribution in [2.24, 2.45) is 0 Å². The smallest absolute Gasteiger partial charge is 0.284 e. The molecule has 0 radical (unpaired) electrons. The summed E-state index contributed by atoms with van der Waals surface area (Å²) in [7, 11) is 3.16. The minimum absolute atomic E-state index is 0.400. The van der Waals surface area contributed by atoms with Gasteiger partial charge in [-0.3, -0.25) is 0 Å². The molecule has 0 atom stereocenters. The number of hydrogen-bond acceptors (Lipinski definition) is 6. The van der Waals surface area contributed by atoms with Crippen LogP contribution in [0.5, 0.6) is 11.7 Å². The van der Waals surface area contributed by atoms with Crippen molar-refractivity contribution < 1.29 is 13.9 Å². The molecule has 3 aromatic rings. The van der Waals surface area contributed by atoms with Crippen molar-refractivity contribution in [1.29, 1.82) is 5.26 Å². The van der Waals surface area contributed by atoms with E-state index in [2.05, 4.69) is 11.1 Å². The third-order valence-electron chi connectivity index (χ3n) is 3.33. The number of benzene rings is 1. The van der Waals surface area contributed by atoms with Crippen LogP contribution in [-0.4, -0.2) is 19.2 Å². The maximum Gasteiger partial charge on any atom is 0.284 e. The van der Waals surface area contributed by atoms with E-state index in [1.54, 1.807) is 25.3 Å². The molecule has 5 nitrogen and oxygen atoms in total. The maximum atomic E-state index is 9.41. The van der Waals surface area contributed by atoms with Crippen LogP contribution >= 0.6 is 11.3 Å². The Balaban J connectivity index is 1.88. The number of aromatic nitrogens is 1. The van der Waals surface area contributed by atoms with Crippen LogP contribution in [0.1, 0.15) is 10.8 Å². The van der Waals surface area contributed by atoms with Crippen molar-refractivity contribution in [2.45, 2.75) is 0 Å². The van der Waals surface area contributed by atoms with Crippen LogP contribution in [0.4, 0.5) is 0 Å². The number of nitriles is 1. The Morgan fingerprint density at radius 3 is 2.58 bits per heavy atom. The van der Waals surface area contributed by atoms with Crippen molar-refractivity contribution >= 4 is 23.0 Å². The average molecular weight is 338 g/mol. The molecule has 24 heavy (non-hydrogen) atoms. The largest absolute Gasteiger partial charge is 0.497 e. The van der Waals surface area contributed by atoms with Crippen molar-refractivity contribution in [3.05, 3.63) is 52.5 Å². The van der Waals surface area contributed by atoms with Crippen molar-refractivity contribution in [3.63, 3.8) is 0 Å². The van der Waals surface area contributed by atoms with E-state index in [-0.39, 0.29) is 0 Å². The number of ether oxygens (including phenoxy) is 2. The first-order valence-electron chi connectivity index (χ1n) is 7.09. The number of hydrogen-bond donors (Lipinski definition) is 0. The number of methoxy groups -OCH3 is 2. The SMILES string of the molecule is COc1ccc(-c2csc(C(C#N)=Cc3ccc(OC)o3)n2)cc1. The van der Waals surface area contributed by atoms with Gasteiger partial charge in [0.2, 0.25) is 0 Å². The molecule has 2 aromatic heterocycles. The summed E-state index contributed by atoms with van der Waals surface area (Å²) in [4.78, 5) is 4.54. The number of nitrogens with zero attached hydrogens (tertiary/aromatic N) is 2. The van der Waals surface area contributed by atoms with E-state index in [0.29, 0.717) is 22.3 Å². The van der Waals surface area contributed by atoms with Gasteiger partial charge < -0.3 is 13.9 Å². The summed E-state index contributed by atoms with van der Waals surface area (Å²) < 4.78 is 15.6. The standard InChI is InChI=1S/C18H14N2O3S/c1-21-14-5-3-12(4-6-14)16-11-24-18(20-16)13(10-19)9-15-7-8-17(22-2)23-15/h3-9,11H,1-2H3. The summed E-state index contributed by atoms with van der Waals surface area (Å²) in [6, 6.07) is 13.2. The number of allylic oxidation sites excluding steroid dienone is 1. The quantitative estimate of drug-likeness (QED) is 0.641. The average Bonchev–Trinajstić information content (AvgIpc) is 3.29. The predicted octanol–water partition coefficient (Wildman–Crippen LogP) is 4.48. The molecule has 3 rings (SSSR count). The Morgan fingerprint density at radius 2 is 1.96 bits per heavy atom. The van der Waals surface area contributed by atoms with Gasteiger partial charge in [0.25, 0.3) is 5.95 Å². The molecule has 0 aliphatic carbocycles. The molecule has 0 fully saturated rings. The Kier molecular flexibility index (Phi) is 4.64. The van der Waals surface area contributed by atoms with Gasteiger partial charge in [-0.2, -0.15) is 5.26 Å². The number of furan rings is 1. The highest BCUT2D eigenvalue weighted by Gasteiger charge is 2.10. The summed E-state index contributed by atoms with van der Waals surface area (Å²) in [6.07, 6.45) is 1.65. The lowest BCUT2D eigenvalue weighted by molar-refractivity contribution is 0.303. The van der Waals surface area contributed by atoms with Gasteiger partial charge >= 0.3 is 0 Å². The van der Waals surface area contributed by atoms with E-state index in [1.807, 2.05) is 29.6 Å². The first kappa shape index (κ1) is 15.8. The molecular formula is C18H14N2O3S. The molecule has 0 amide bonds.